The van der Waals surface area contributed by atoms with E-state index in [1.807, 2.05) is 20.0 Å². The topological polar surface area (TPSA) is 98.2 Å². The van der Waals surface area contributed by atoms with Gasteiger partial charge in [-0.2, -0.15) is 0 Å². The lowest BCUT2D eigenvalue weighted by molar-refractivity contribution is 0.0334. The van der Waals surface area contributed by atoms with Gasteiger partial charge in [-0.25, -0.2) is 9.59 Å². The number of aromatic carboxylic acids is 1. The molecule has 33 heavy (non-hydrogen) atoms. The minimum Gasteiger partial charge on any atom is -0.478 e. The van der Waals surface area contributed by atoms with Crippen molar-refractivity contribution in [2.75, 3.05) is 20.4 Å². The third-order valence-corrected chi connectivity index (χ3v) is 6.75. The van der Waals surface area contributed by atoms with E-state index in [0.29, 0.717) is 34.7 Å². The average molecular weight is 450 g/mol. The second-order valence-corrected chi connectivity index (χ2v) is 8.89. The monoisotopic (exact) mass is 450 g/mol. The van der Waals surface area contributed by atoms with E-state index in [4.69, 9.17) is 14.2 Å². The first kappa shape index (κ1) is 21.5. The lowest BCUT2D eigenvalue weighted by atomic mass is 9.77. The lowest BCUT2D eigenvalue weighted by Crippen LogP contribution is -2.38. The standard InChI is InChI=1S/C25H26N2O6/c1-13-4-5-17(14(2)26-13)25(30)33-16-8-15-6-7-27(3)23(15)19(9-16)18-10-21-22(32-12-31-21)11-20(18)24(28)29/h4-5,8,10-11,16,19,23H,6-7,9,12H2,1-3H3,(H,28,29)/t16-,19-,23+/m1/s1. The summed E-state index contributed by atoms with van der Waals surface area (Å²) in [4.78, 5) is 31.7. The zero-order chi connectivity index (χ0) is 23.3. The van der Waals surface area contributed by atoms with Gasteiger partial charge >= 0.3 is 11.9 Å². The highest BCUT2D eigenvalue weighted by Gasteiger charge is 2.42. The molecule has 1 saturated heterocycles. The molecule has 0 spiro atoms. The smallest absolute Gasteiger partial charge is 0.340 e. The van der Waals surface area contributed by atoms with Crippen LogP contribution in [0.2, 0.25) is 0 Å². The average Bonchev–Trinajstić information content (AvgIpc) is 3.38. The maximum atomic E-state index is 12.9. The molecule has 3 aliphatic rings. The Kier molecular flexibility index (Phi) is 5.32. The largest absolute Gasteiger partial charge is 0.478 e. The molecule has 3 heterocycles. The third-order valence-electron chi connectivity index (χ3n) is 6.75. The Morgan fingerprint density at radius 3 is 2.64 bits per heavy atom. The second kappa shape index (κ2) is 8.19. The molecule has 1 aromatic heterocycles. The first-order valence-electron chi connectivity index (χ1n) is 11.0. The van der Waals surface area contributed by atoms with E-state index in [-0.39, 0.29) is 24.3 Å². The maximum absolute atomic E-state index is 12.9. The quantitative estimate of drug-likeness (QED) is 0.559. The van der Waals surface area contributed by atoms with E-state index in [9.17, 15) is 14.7 Å². The van der Waals surface area contributed by atoms with Crippen molar-refractivity contribution < 1.29 is 28.9 Å². The van der Waals surface area contributed by atoms with Crippen molar-refractivity contribution in [1.29, 1.82) is 0 Å². The number of carboxylic acids is 1. The molecule has 3 atom stereocenters. The van der Waals surface area contributed by atoms with Gasteiger partial charge in [0.1, 0.15) is 6.10 Å². The van der Waals surface area contributed by atoms with Crippen LogP contribution in [0.5, 0.6) is 11.5 Å². The van der Waals surface area contributed by atoms with E-state index in [1.54, 1.807) is 25.1 Å². The van der Waals surface area contributed by atoms with Crippen LogP contribution < -0.4 is 9.47 Å². The highest BCUT2D eigenvalue weighted by molar-refractivity contribution is 5.91. The third kappa shape index (κ3) is 3.84. The van der Waals surface area contributed by atoms with Gasteiger partial charge in [0.05, 0.1) is 16.8 Å². The Bertz CT molecular complexity index is 1170. The summed E-state index contributed by atoms with van der Waals surface area (Å²) in [5.74, 6) is -0.632. The molecule has 0 radical (unpaired) electrons. The molecule has 5 rings (SSSR count). The number of carbonyl (C=O) groups is 2. The summed E-state index contributed by atoms with van der Waals surface area (Å²) in [6.07, 6.45) is 2.90. The number of likely N-dealkylation sites (tertiary alicyclic amines) is 1. The molecule has 0 amide bonds. The van der Waals surface area contributed by atoms with Crippen molar-refractivity contribution in [3.05, 3.63) is 64.0 Å². The fraction of sp³-hybridized carbons (Fsp3) is 0.400. The number of hydrogen-bond donors (Lipinski definition) is 1. The van der Waals surface area contributed by atoms with Gasteiger partial charge < -0.3 is 19.3 Å². The van der Waals surface area contributed by atoms with Crippen molar-refractivity contribution in [1.82, 2.24) is 9.88 Å². The lowest BCUT2D eigenvalue weighted by Gasteiger charge is -2.37. The summed E-state index contributed by atoms with van der Waals surface area (Å²) in [7, 11) is 2.04. The maximum Gasteiger partial charge on any atom is 0.340 e. The number of carbonyl (C=O) groups excluding carboxylic acids is 1. The number of benzene rings is 1. The summed E-state index contributed by atoms with van der Waals surface area (Å²) in [5.41, 5.74) is 3.93. The fourth-order valence-corrected chi connectivity index (χ4v) is 5.24. The van der Waals surface area contributed by atoms with Crippen LogP contribution in [-0.4, -0.2) is 59.5 Å². The molecule has 172 valence electrons. The van der Waals surface area contributed by atoms with Gasteiger partial charge in [-0.15, -0.1) is 0 Å². The normalized spacial score (nSPS) is 23.7. The Hall–Kier alpha value is -3.39. The van der Waals surface area contributed by atoms with E-state index in [1.165, 1.54) is 11.6 Å². The van der Waals surface area contributed by atoms with Crippen molar-refractivity contribution in [3.63, 3.8) is 0 Å². The molecule has 8 heteroatoms. The molecule has 2 aliphatic heterocycles. The zero-order valence-electron chi connectivity index (χ0n) is 18.8. The zero-order valence-corrected chi connectivity index (χ0v) is 18.8. The van der Waals surface area contributed by atoms with Crippen molar-refractivity contribution >= 4 is 11.9 Å². The number of hydrogen-bond acceptors (Lipinski definition) is 7. The molecule has 1 N–H and O–H groups in total. The van der Waals surface area contributed by atoms with Crippen LogP contribution in [0.25, 0.3) is 0 Å². The number of nitrogens with zero attached hydrogens (tertiary/aromatic N) is 2. The molecule has 0 unspecified atom stereocenters. The molecular formula is C25H26N2O6. The Balaban J connectivity index is 1.50. The van der Waals surface area contributed by atoms with Crippen LogP contribution in [-0.2, 0) is 4.74 Å². The Morgan fingerprint density at radius 2 is 1.91 bits per heavy atom. The van der Waals surface area contributed by atoms with Crippen LogP contribution in [0.15, 0.2) is 35.9 Å². The number of aromatic nitrogens is 1. The number of ether oxygens (including phenoxy) is 3. The van der Waals surface area contributed by atoms with Gasteiger partial charge in [0.25, 0.3) is 0 Å². The highest BCUT2D eigenvalue weighted by Crippen LogP contribution is 2.46. The number of aryl methyl sites for hydroxylation is 2. The first-order chi connectivity index (χ1) is 15.8. The van der Waals surface area contributed by atoms with Crippen LogP contribution >= 0.6 is 0 Å². The summed E-state index contributed by atoms with van der Waals surface area (Å²) in [5, 5.41) is 9.93. The van der Waals surface area contributed by atoms with E-state index < -0.39 is 18.0 Å². The number of esters is 1. The van der Waals surface area contributed by atoms with Crippen molar-refractivity contribution in [3.8, 4) is 11.5 Å². The van der Waals surface area contributed by atoms with Gasteiger partial charge in [0.15, 0.2) is 11.5 Å². The van der Waals surface area contributed by atoms with Crippen LogP contribution in [0.1, 0.15) is 56.4 Å². The van der Waals surface area contributed by atoms with E-state index in [2.05, 4.69) is 9.88 Å². The van der Waals surface area contributed by atoms with Crippen molar-refractivity contribution in [2.45, 2.75) is 44.8 Å². The van der Waals surface area contributed by atoms with Crippen molar-refractivity contribution in [2.24, 2.45) is 0 Å². The summed E-state index contributed by atoms with van der Waals surface area (Å²) < 4.78 is 16.8. The highest BCUT2D eigenvalue weighted by atomic mass is 16.7. The van der Waals surface area contributed by atoms with Gasteiger partial charge in [-0.05, 0) is 69.6 Å². The fourth-order valence-electron chi connectivity index (χ4n) is 5.24. The second-order valence-electron chi connectivity index (χ2n) is 8.89. The predicted molar refractivity (Wildman–Crippen MR) is 119 cm³/mol. The van der Waals surface area contributed by atoms with Gasteiger partial charge in [0.2, 0.25) is 6.79 Å². The van der Waals surface area contributed by atoms with E-state index in [0.717, 1.165) is 18.7 Å². The number of rotatable bonds is 4. The number of fused-ring (bicyclic) bond motifs is 2. The van der Waals surface area contributed by atoms with Crippen LogP contribution in [0.4, 0.5) is 0 Å². The minimum atomic E-state index is -1.02. The molecule has 8 nitrogen and oxygen atoms in total. The number of pyridine rings is 1. The van der Waals surface area contributed by atoms with E-state index >= 15 is 0 Å². The molecule has 1 aliphatic carbocycles. The number of carboxylic acid groups (broad SMARTS) is 1. The summed E-state index contributed by atoms with van der Waals surface area (Å²) in [6.45, 7) is 4.60. The molecule has 1 aromatic carbocycles. The molecular weight excluding hydrogens is 424 g/mol. The Labute approximate surface area is 191 Å². The SMILES string of the molecule is Cc1ccc(C(=O)O[C@@H]2C=C3CCN(C)[C@@H]3[C@@H](c3cc4c(cc3C(=O)O)OCO4)C2)c(C)n1. The summed E-state index contributed by atoms with van der Waals surface area (Å²) >= 11 is 0. The molecule has 0 saturated carbocycles. The van der Waals surface area contributed by atoms with Gasteiger partial charge in [-0.1, -0.05) is 5.57 Å². The molecule has 1 fully saturated rings. The molecule has 2 aromatic rings. The van der Waals surface area contributed by atoms with Crippen LogP contribution in [0.3, 0.4) is 0 Å². The van der Waals surface area contributed by atoms with Crippen LogP contribution in [0, 0.1) is 13.8 Å². The van der Waals surface area contributed by atoms with Gasteiger partial charge in [0, 0.05) is 24.2 Å². The molecule has 0 bridgehead atoms. The van der Waals surface area contributed by atoms with Gasteiger partial charge in [-0.3, -0.25) is 9.88 Å². The summed E-state index contributed by atoms with van der Waals surface area (Å²) in [6, 6.07) is 6.88. The number of likely N-dealkylation sites (N-methyl/N-ethyl adjacent to an activating group) is 1. The Morgan fingerprint density at radius 1 is 1.15 bits per heavy atom. The first-order valence-corrected chi connectivity index (χ1v) is 11.0. The predicted octanol–water partition coefficient (Wildman–Crippen LogP) is 3.47. The minimum absolute atomic E-state index is 0.0428.